The first kappa shape index (κ1) is 19.7. The molecule has 0 radical (unpaired) electrons. The molecular formula is C17H16ClF3N2O3. The number of hydrogen-bond acceptors (Lipinski definition) is 3. The van der Waals surface area contributed by atoms with Crippen LogP contribution in [0.3, 0.4) is 0 Å². The molecule has 0 aromatic heterocycles. The van der Waals surface area contributed by atoms with Crippen LogP contribution >= 0.6 is 11.6 Å². The van der Waals surface area contributed by atoms with Gasteiger partial charge >= 0.3 is 12.2 Å². The molecule has 2 N–H and O–H groups in total. The van der Waals surface area contributed by atoms with Gasteiger partial charge in [0.2, 0.25) is 0 Å². The van der Waals surface area contributed by atoms with Crippen LogP contribution in [-0.2, 0) is 0 Å². The Bertz CT molecular complexity index is 724. The smallest absolute Gasteiger partial charge is 0.422 e. The van der Waals surface area contributed by atoms with E-state index < -0.39 is 18.8 Å². The van der Waals surface area contributed by atoms with Crippen molar-refractivity contribution in [3.05, 3.63) is 53.6 Å². The summed E-state index contributed by atoms with van der Waals surface area (Å²) in [6.07, 6.45) is -4.43. The Balaban J connectivity index is 1.72. The Morgan fingerprint density at radius 2 is 1.77 bits per heavy atom. The van der Waals surface area contributed by atoms with Crippen molar-refractivity contribution in [1.29, 1.82) is 0 Å². The van der Waals surface area contributed by atoms with Crippen LogP contribution in [0.1, 0.15) is 0 Å². The Morgan fingerprint density at radius 1 is 1.04 bits per heavy atom. The van der Waals surface area contributed by atoms with E-state index in [0.29, 0.717) is 16.5 Å². The van der Waals surface area contributed by atoms with Crippen LogP contribution in [0, 0.1) is 0 Å². The molecule has 2 rings (SSSR count). The monoisotopic (exact) mass is 388 g/mol. The summed E-state index contributed by atoms with van der Waals surface area (Å²) >= 11 is 5.76. The molecule has 0 heterocycles. The van der Waals surface area contributed by atoms with E-state index >= 15 is 0 Å². The van der Waals surface area contributed by atoms with Gasteiger partial charge in [-0.05, 0) is 36.4 Å². The molecule has 140 valence electrons. The number of carbonyl (C=O) groups excluding carboxylic acids is 1. The minimum atomic E-state index is -4.43. The van der Waals surface area contributed by atoms with E-state index in [1.54, 1.807) is 24.3 Å². The Kier molecular flexibility index (Phi) is 6.97. The molecule has 0 aliphatic carbocycles. The molecule has 0 fully saturated rings. The summed E-state index contributed by atoms with van der Waals surface area (Å²) in [5, 5.41) is 5.66. The van der Waals surface area contributed by atoms with Crippen LogP contribution in [0.15, 0.2) is 48.5 Å². The second-order valence-electron chi connectivity index (χ2n) is 5.11. The molecular weight excluding hydrogens is 373 g/mol. The highest BCUT2D eigenvalue weighted by Gasteiger charge is 2.28. The maximum Gasteiger partial charge on any atom is 0.422 e. The van der Waals surface area contributed by atoms with Crippen LogP contribution in [0.5, 0.6) is 11.5 Å². The normalized spacial score (nSPS) is 10.9. The number of nitrogens with one attached hydrogen (secondary N) is 2. The number of carbonyl (C=O) groups is 1. The SMILES string of the molecule is O=C(NCCOc1ccc(Cl)cc1)Nc1cccc(OCC(F)(F)F)c1. The number of benzene rings is 2. The van der Waals surface area contributed by atoms with Crippen LogP contribution < -0.4 is 20.1 Å². The van der Waals surface area contributed by atoms with Gasteiger partial charge < -0.3 is 20.1 Å². The molecule has 0 aliphatic rings. The molecule has 0 saturated heterocycles. The highest BCUT2D eigenvalue weighted by Crippen LogP contribution is 2.21. The summed E-state index contributed by atoms with van der Waals surface area (Å²) in [5.41, 5.74) is 0.306. The average Bonchev–Trinajstić information content (AvgIpc) is 2.58. The summed E-state index contributed by atoms with van der Waals surface area (Å²) in [6.45, 7) is -0.923. The van der Waals surface area contributed by atoms with Crippen molar-refractivity contribution in [3.63, 3.8) is 0 Å². The molecule has 0 bridgehead atoms. The standard InChI is InChI=1S/C17H16ClF3N2O3/c18-12-4-6-14(7-5-12)25-9-8-22-16(24)23-13-2-1-3-15(10-13)26-11-17(19,20)21/h1-7,10H,8-9,11H2,(H2,22,23,24). The molecule has 26 heavy (non-hydrogen) atoms. The van der Waals surface area contributed by atoms with Gasteiger partial charge in [-0.1, -0.05) is 17.7 Å². The second-order valence-corrected chi connectivity index (χ2v) is 5.55. The average molecular weight is 389 g/mol. The van der Waals surface area contributed by atoms with E-state index in [2.05, 4.69) is 15.4 Å². The molecule has 0 spiro atoms. The number of anilines is 1. The predicted octanol–water partition coefficient (Wildman–Crippen LogP) is 4.48. The maximum absolute atomic E-state index is 12.1. The third kappa shape index (κ3) is 7.52. The van der Waals surface area contributed by atoms with E-state index in [1.807, 2.05) is 0 Å². The van der Waals surface area contributed by atoms with Crippen molar-refractivity contribution in [3.8, 4) is 11.5 Å². The van der Waals surface area contributed by atoms with E-state index in [0.717, 1.165) is 0 Å². The first-order chi connectivity index (χ1) is 12.3. The van der Waals surface area contributed by atoms with Gasteiger partial charge in [0, 0.05) is 16.8 Å². The van der Waals surface area contributed by atoms with Crippen LogP contribution in [0.25, 0.3) is 0 Å². The zero-order valence-corrected chi connectivity index (χ0v) is 14.2. The summed E-state index contributed by atoms with van der Waals surface area (Å²) in [7, 11) is 0. The van der Waals surface area contributed by atoms with Crippen molar-refractivity contribution < 1.29 is 27.4 Å². The van der Waals surface area contributed by atoms with Gasteiger partial charge in [-0.3, -0.25) is 0 Å². The molecule has 0 saturated carbocycles. The second kappa shape index (κ2) is 9.19. The number of ether oxygens (including phenoxy) is 2. The Hall–Kier alpha value is -2.61. The lowest BCUT2D eigenvalue weighted by Gasteiger charge is -2.11. The number of hydrogen-bond donors (Lipinski definition) is 2. The van der Waals surface area contributed by atoms with E-state index in [9.17, 15) is 18.0 Å². The highest BCUT2D eigenvalue weighted by atomic mass is 35.5. The van der Waals surface area contributed by atoms with Crippen molar-refractivity contribution >= 4 is 23.3 Å². The van der Waals surface area contributed by atoms with Gasteiger partial charge in [0.25, 0.3) is 0 Å². The van der Waals surface area contributed by atoms with Gasteiger partial charge in [-0.2, -0.15) is 13.2 Å². The molecule has 0 atom stereocenters. The number of alkyl halides is 3. The molecule has 2 aromatic carbocycles. The van der Waals surface area contributed by atoms with Gasteiger partial charge in [0.1, 0.15) is 18.1 Å². The summed E-state index contributed by atoms with van der Waals surface area (Å²) in [4.78, 5) is 11.8. The fourth-order valence-electron chi connectivity index (χ4n) is 1.87. The first-order valence-electron chi connectivity index (χ1n) is 7.55. The molecule has 5 nitrogen and oxygen atoms in total. The van der Waals surface area contributed by atoms with Crippen LogP contribution in [-0.4, -0.2) is 32.0 Å². The third-order valence-corrected chi connectivity index (χ3v) is 3.22. The Labute approximate surface area is 153 Å². The maximum atomic E-state index is 12.1. The van der Waals surface area contributed by atoms with Crippen molar-refractivity contribution in [1.82, 2.24) is 5.32 Å². The largest absolute Gasteiger partial charge is 0.492 e. The minimum absolute atomic E-state index is 0.00574. The number of amides is 2. The lowest BCUT2D eigenvalue weighted by Crippen LogP contribution is -2.32. The van der Waals surface area contributed by atoms with Crippen molar-refractivity contribution in [2.45, 2.75) is 6.18 Å². The predicted molar refractivity (Wildman–Crippen MR) is 92.0 cm³/mol. The number of halogens is 4. The number of rotatable bonds is 7. The molecule has 0 unspecified atom stereocenters. The zero-order chi connectivity index (χ0) is 19.0. The van der Waals surface area contributed by atoms with E-state index in [4.69, 9.17) is 16.3 Å². The fraction of sp³-hybridized carbons (Fsp3) is 0.235. The van der Waals surface area contributed by atoms with Gasteiger partial charge in [-0.15, -0.1) is 0 Å². The van der Waals surface area contributed by atoms with E-state index in [1.165, 1.54) is 24.3 Å². The lowest BCUT2D eigenvalue weighted by molar-refractivity contribution is -0.153. The van der Waals surface area contributed by atoms with Crippen LogP contribution in [0.2, 0.25) is 5.02 Å². The lowest BCUT2D eigenvalue weighted by atomic mass is 10.3. The first-order valence-corrected chi connectivity index (χ1v) is 7.92. The van der Waals surface area contributed by atoms with Crippen molar-refractivity contribution in [2.24, 2.45) is 0 Å². The summed E-state index contributed by atoms with van der Waals surface area (Å²) in [5.74, 6) is 0.623. The fourth-order valence-corrected chi connectivity index (χ4v) is 1.99. The topological polar surface area (TPSA) is 59.6 Å². The summed E-state index contributed by atoms with van der Waals surface area (Å²) < 4.78 is 46.5. The van der Waals surface area contributed by atoms with Gasteiger partial charge in [0.15, 0.2) is 6.61 Å². The van der Waals surface area contributed by atoms with Gasteiger partial charge in [0.05, 0.1) is 6.54 Å². The Morgan fingerprint density at radius 3 is 2.46 bits per heavy atom. The summed E-state index contributed by atoms with van der Waals surface area (Å²) in [6, 6.07) is 11.9. The quantitative estimate of drug-likeness (QED) is 0.687. The molecule has 9 heteroatoms. The molecule has 2 aromatic rings. The van der Waals surface area contributed by atoms with E-state index in [-0.39, 0.29) is 18.9 Å². The third-order valence-electron chi connectivity index (χ3n) is 2.96. The molecule has 0 aliphatic heterocycles. The zero-order valence-electron chi connectivity index (χ0n) is 13.5. The minimum Gasteiger partial charge on any atom is -0.492 e. The van der Waals surface area contributed by atoms with Crippen molar-refractivity contribution in [2.75, 3.05) is 25.1 Å². The highest BCUT2D eigenvalue weighted by molar-refractivity contribution is 6.30. The molecule has 2 amide bonds. The number of urea groups is 1. The van der Waals surface area contributed by atoms with Gasteiger partial charge in [-0.25, -0.2) is 4.79 Å². The van der Waals surface area contributed by atoms with Crippen LogP contribution in [0.4, 0.5) is 23.7 Å².